The molecule has 0 saturated heterocycles. The van der Waals surface area contributed by atoms with Gasteiger partial charge in [0.25, 0.3) is 8.32 Å². The van der Waals surface area contributed by atoms with E-state index in [0.717, 1.165) is 10.4 Å². The summed E-state index contributed by atoms with van der Waals surface area (Å²) in [5, 5.41) is 1.88. The fourth-order valence-electron chi connectivity index (χ4n) is 3.63. The topological polar surface area (TPSA) is 61.8 Å². The SMILES string of the molecule is COC(=O)CC(C[P+](=O)OCCl)O[Si](c1ccccc1)(c1ccccc1)C(C)(C)C. The molecule has 162 valence electrons. The molecule has 0 fully saturated rings. The highest BCUT2D eigenvalue weighted by Crippen LogP contribution is 2.39. The molecule has 2 aromatic rings. The van der Waals surface area contributed by atoms with Gasteiger partial charge in [0.2, 0.25) is 6.16 Å². The summed E-state index contributed by atoms with van der Waals surface area (Å²) < 4.78 is 29.2. The molecule has 0 radical (unpaired) electrons. The van der Waals surface area contributed by atoms with Crippen molar-refractivity contribution in [2.45, 2.75) is 38.3 Å². The number of ether oxygens (including phenoxy) is 1. The number of hydrogen-bond acceptors (Lipinski definition) is 5. The highest BCUT2D eigenvalue weighted by molar-refractivity contribution is 7.39. The van der Waals surface area contributed by atoms with Gasteiger partial charge in [0.1, 0.15) is 6.10 Å². The summed E-state index contributed by atoms with van der Waals surface area (Å²) >= 11 is 5.58. The first kappa shape index (κ1) is 24.7. The predicted molar refractivity (Wildman–Crippen MR) is 123 cm³/mol. The van der Waals surface area contributed by atoms with Gasteiger partial charge >= 0.3 is 14.0 Å². The van der Waals surface area contributed by atoms with Crippen LogP contribution in [0.5, 0.6) is 0 Å². The molecule has 0 heterocycles. The third-order valence-corrected chi connectivity index (χ3v) is 11.4. The van der Waals surface area contributed by atoms with Crippen molar-refractivity contribution in [2.75, 3.05) is 19.3 Å². The minimum atomic E-state index is -2.91. The van der Waals surface area contributed by atoms with Crippen molar-refractivity contribution in [3.63, 3.8) is 0 Å². The quantitative estimate of drug-likeness (QED) is 0.223. The van der Waals surface area contributed by atoms with Crippen molar-refractivity contribution < 1.29 is 23.0 Å². The summed E-state index contributed by atoms with van der Waals surface area (Å²) in [7, 11) is -3.65. The molecule has 0 saturated carbocycles. The van der Waals surface area contributed by atoms with Crippen molar-refractivity contribution in [3.8, 4) is 0 Å². The van der Waals surface area contributed by atoms with Gasteiger partial charge in [0, 0.05) is 0 Å². The van der Waals surface area contributed by atoms with Crippen molar-refractivity contribution >= 4 is 44.3 Å². The Morgan fingerprint density at radius 2 is 1.53 bits per heavy atom. The highest BCUT2D eigenvalue weighted by atomic mass is 35.5. The maximum atomic E-state index is 12.4. The number of rotatable bonds is 10. The normalized spacial score (nSPS) is 13.6. The van der Waals surface area contributed by atoms with Crippen LogP contribution in [0.15, 0.2) is 60.7 Å². The van der Waals surface area contributed by atoms with Crippen LogP contribution in [0.1, 0.15) is 27.2 Å². The molecule has 2 atom stereocenters. The standard InChI is InChI=1S/C22H29ClO5PSi/c1-22(2,3)30(19-11-7-5-8-12-19,20-13-9-6-10-14-20)28-18(15-21(24)26-4)16-29(25)27-17-23/h5-14,18H,15-17H2,1-4H3/q+1. The molecule has 2 rings (SSSR count). The van der Waals surface area contributed by atoms with Crippen LogP contribution in [0.4, 0.5) is 0 Å². The third kappa shape index (κ3) is 5.99. The van der Waals surface area contributed by atoms with Gasteiger partial charge in [-0.2, -0.15) is 0 Å². The summed E-state index contributed by atoms with van der Waals surface area (Å²) in [5.41, 5.74) is 0. The molecule has 30 heavy (non-hydrogen) atoms. The molecule has 0 aliphatic carbocycles. The minimum Gasteiger partial charge on any atom is -0.469 e. The van der Waals surface area contributed by atoms with Crippen LogP contribution in [0.2, 0.25) is 5.04 Å². The van der Waals surface area contributed by atoms with Crippen LogP contribution in [0.25, 0.3) is 0 Å². The van der Waals surface area contributed by atoms with Gasteiger partial charge in [-0.1, -0.05) is 93.0 Å². The van der Waals surface area contributed by atoms with Crippen LogP contribution in [0, 0.1) is 0 Å². The van der Waals surface area contributed by atoms with E-state index in [-0.39, 0.29) is 23.7 Å². The molecule has 0 aliphatic rings. The van der Waals surface area contributed by atoms with Gasteiger partial charge in [0.05, 0.1) is 13.5 Å². The van der Waals surface area contributed by atoms with Gasteiger partial charge in [0.15, 0.2) is 6.07 Å². The monoisotopic (exact) mass is 467 g/mol. The first-order valence-corrected chi connectivity index (χ1v) is 13.5. The first-order chi connectivity index (χ1) is 14.2. The molecular weight excluding hydrogens is 439 g/mol. The second-order valence-electron chi connectivity index (χ2n) is 7.94. The number of carbonyl (C=O) groups excluding carboxylic acids is 1. The maximum Gasteiger partial charge on any atom is 0.512 e. The van der Waals surface area contributed by atoms with Gasteiger partial charge in [-0.25, -0.2) is 0 Å². The van der Waals surface area contributed by atoms with Crippen LogP contribution in [0.3, 0.4) is 0 Å². The zero-order chi connectivity index (χ0) is 22.2. The smallest absolute Gasteiger partial charge is 0.469 e. The number of methoxy groups -OCH3 is 1. The zero-order valence-electron chi connectivity index (χ0n) is 17.8. The Morgan fingerprint density at radius 1 is 1.03 bits per heavy atom. The Labute approximate surface area is 185 Å². The van der Waals surface area contributed by atoms with Crippen molar-refractivity contribution in [2.24, 2.45) is 0 Å². The van der Waals surface area contributed by atoms with E-state index >= 15 is 0 Å². The fourth-order valence-corrected chi connectivity index (χ4v) is 9.53. The van der Waals surface area contributed by atoms with Crippen molar-refractivity contribution in [3.05, 3.63) is 60.7 Å². The molecule has 0 N–H and O–H groups in total. The Kier molecular flexibility index (Phi) is 9.20. The Hall–Kier alpha value is -1.56. The summed E-state index contributed by atoms with van der Waals surface area (Å²) in [4.78, 5) is 12.1. The number of halogens is 1. The van der Waals surface area contributed by atoms with E-state index < -0.39 is 28.4 Å². The van der Waals surface area contributed by atoms with E-state index in [0.29, 0.717) is 0 Å². The second kappa shape index (κ2) is 11.2. The van der Waals surface area contributed by atoms with Gasteiger partial charge < -0.3 is 9.16 Å². The van der Waals surface area contributed by atoms with E-state index in [2.05, 4.69) is 45.0 Å². The van der Waals surface area contributed by atoms with Crippen LogP contribution < -0.4 is 10.4 Å². The van der Waals surface area contributed by atoms with E-state index in [1.54, 1.807) is 0 Å². The van der Waals surface area contributed by atoms with Gasteiger partial charge in [-0.3, -0.25) is 4.79 Å². The van der Waals surface area contributed by atoms with Gasteiger partial charge in [-0.15, -0.1) is 4.52 Å². The molecule has 0 amide bonds. The van der Waals surface area contributed by atoms with Gasteiger partial charge in [-0.05, 0) is 20.0 Å². The minimum absolute atomic E-state index is 0.0201. The number of esters is 1. The third-order valence-electron chi connectivity index (χ3n) is 4.93. The average Bonchev–Trinajstić information content (AvgIpc) is 2.72. The molecule has 0 spiro atoms. The Morgan fingerprint density at radius 3 is 1.93 bits per heavy atom. The molecule has 5 nitrogen and oxygen atoms in total. The van der Waals surface area contributed by atoms with Crippen molar-refractivity contribution in [1.82, 2.24) is 0 Å². The lowest BCUT2D eigenvalue weighted by atomic mass is 10.2. The number of carbonyl (C=O) groups is 1. The summed E-state index contributed by atoms with van der Waals surface area (Å²) in [6, 6.07) is 20.0. The van der Waals surface area contributed by atoms with Crippen LogP contribution in [-0.2, 0) is 23.0 Å². The largest absolute Gasteiger partial charge is 0.512 e. The highest BCUT2D eigenvalue weighted by Gasteiger charge is 2.52. The van der Waals surface area contributed by atoms with Crippen LogP contribution in [-0.4, -0.2) is 39.7 Å². The number of benzene rings is 2. The number of hydrogen-bond donors (Lipinski definition) is 0. The van der Waals surface area contributed by atoms with Crippen molar-refractivity contribution in [1.29, 1.82) is 0 Å². The van der Waals surface area contributed by atoms with E-state index in [4.69, 9.17) is 25.3 Å². The fraction of sp³-hybridized carbons (Fsp3) is 0.409. The lowest BCUT2D eigenvalue weighted by Crippen LogP contribution is -2.68. The molecule has 2 unspecified atom stereocenters. The summed E-state index contributed by atoms with van der Waals surface area (Å²) in [6.07, 6.45) is -0.606. The second-order valence-corrected chi connectivity index (χ2v) is 13.7. The van der Waals surface area contributed by atoms with E-state index in [9.17, 15) is 9.36 Å². The predicted octanol–water partition coefficient (Wildman–Crippen LogP) is 4.45. The summed E-state index contributed by atoms with van der Waals surface area (Å²) in [5.74, 6) is -0.424. The molecule has 8 heteroatoms. The molecule has 2 aromatic carbocycles. The Balaban J connectivity index is 2.61. The molecular formula is C22H29ClO5PSi+. The summed E-state index contributed by atoms with van der Waals surface area (Å²) in [6.45, 7) is 6.43. The number of alkyl halides is 1. The lowest BCUT2D eigenvalue weighted by molar-refractivity contribution is -0.142. The molecule has 0 aromatic heterocycles. The first-order valence-electron chi connectivity index (χ1n) is 9.74. The molecule has 0 aliphatic heterocycles. The van der Waals surface area contributed by atoms with E-state index in [1.165, 1.54) is 7.11 Å². The van der Waals surface area contributed by atoms with E-state index in [1.807, 2.05) is 36.4 Å². The Bertz CT molecular complexity index is 787. The lowest BCUT2D eigenvalue weighted by Gasteiger charge is -2.44. The average molecular weight is 468 g/mol. The zero-order valence-corrected chi connectivity index (χ0v) is 20.5. The maximum absolute atomic E-state index is 12.4. The molecule has 0 bridgehead atoms. The van der Waals surface area contributed by atoms with Crippen LogP contribution >= 0.6 is 19.6 Å².